The average Bonchev–Trinajstić information content (AvgIpc) is 3.29. The monoisotopic (exact) mass is 704 g/mol. The van der Waals surface area contributed by atoms with Gasteiger partial charge in [0.1, 0.15) is 12.2 Å². The van der Waals surface area contributed by atoms with E-state index in [9.17, 15) is 14.4 Å². The molecule has 0 aromatic rings. The number of hydrogen-bond donors (Lipinski definition) is 0. The highest BCUT2D eigenvalue weighted by Gasteiger charge is 2.53. The molecule has 0 aromatic carbocycles. The highest BCUT2D eigenvalue weighted by molar-refractivity contribution is 5.75. The van der Waals surface area contributed by atoms with Crippen LogP contribution in [0.2, 0.25) is 0 Å². The van der Waals surface area contributed by atoms with Crippen molar-refractivity contribution in [3.05, 3.63) is 0 Å². The molecule has 0 bridgehead atoms. The largest absolute Gasteiger partial charge is 0.458 e. The molecule has 4 rings (SSSR count). The van der Waals surface area contributed by atoms with Gasteiger partial charge in [0.05, 0.1) is 17.8 Å². The quantitative estimate of drug-likeness (QED) is 0.180. The van der Waals surface area contributed by atoms with Crippen LogP contribution >= 0.6 is 0 Å². The summed E-state index contributed by atoms with van der Waals surface area (Å²) >= 11 is 0. The lowest BCUT2D eigenvalue weighted by Gasteiger charge is -2.55. The maximum atomic E-state index is 14.1. The van der Waals surface area contributed by atoms with E-state index in [1.165, 1.54) is 0 Å². The standard InChI is InChI=1S/C41H73N3O6/c1-16-42-36(4,5)21-27(22-37(42,6)7)33(45)48-30-19-20-31(49-34(46)28-23-38(8,9)43(17-2)39(10,11)24-28)32(30)50-35(47)29-25-40(12,13)44(18-3)41(14,15)26-29/h27-32H,16-26H2,1-15H3. The van der Waals surface area contributed by atoms with Crippen LogP contribution in [0.3, 0.4) is 0 Å². The summed E-state index contributed by atoms with van der Waals surface area (Å²) in [5, 5.41) is 0. The highest BCUT2D eigenvalue weighted by atomic mass is 16.6. The molecular weight excluding hydrogens is 630 g/mol. The van der Waals surface area contributed by atoms with Crippen molar-refractivity contribution in [1.29, 1.82) is 0 Å². The molecule has 0 aromatic heterocycles. The van der Waals surface area contributed by atoms with E-state index in [2.05, 4.69) is 119 Å². The van der Waals surface area contributed by atoms with Crippen LogP contribution in [-0.4, -0.2) is 104 Å². The Kier molecular flexibility index (Phi) is 11.7. The number of likely N-dealkylation sites (tertiary alicyclic amines) is 3. The fourth-order valence-electron chi connectivity index (χ4n) is 12.0. The SMILES string of the molecule is CCN1C(C)(C)CC(C(=O)OC2CCC(OC(=O)C3CC(C)(C)N(CC)C(C)(C)C3)C2OC(=O)C2CC(C)(C)N(CC)C(C)(C)C2)CC1(C)C. The van der Waals surface area contributed by atoms with E-state index in [0.717, 1.165) is 19.6 Å². The van der Waals surface area contributed by atoms with Crippen LogP contribution in [0.15, 0.2) is 0 Å². The first-order chi connectivity index (χ1) is 22.8. The maximum Gasteiger partial charge on any atom is 0.309 e. The highest BCUT2D eigenvalue weighted by Crippen LogP contribution is 2.45. The normalized spacial score (nSPS) is 31.6. The average molecular weight is 704 g/mol. The van der Waals surface area contributed by atoms with Gasteiger partial charge in [0.25, 0.3) is 0 Å². The first-order valence-corrected chi connectivity index (χ1v) is 19.8. The number of ether oxygens (including phenoxy) is 3. The molecule has 0 amide bonds. The van der Waals surface area contributed by atoms with Crippen molar-refractivity contribution in [1.82, 2.24) is 14.7 Å². The summed E-state index contributed by atoms with van der Waals surface area (Å²) in [5.41, 5.74) is -1.03. The van der Waals surface area contributed by atoms with Crippen molar-refractivity contribution in [2.45, 2.75) is 207 Å². The summed E-state index contributed by atoms with van der Waals surface area (Å²) in [4.78, 5) is 49.5. The summed E-state index contributed by atoms with van der Waals surface area (Å²) in [6, 6.07) is 0. The molecule has 0 N–H and O–H groups in total. The van der Waals surface area contributed by atoms with Gasteiger partial charge in [-0.25, -0.2) is 0 Å². The molecule has 3 aliphatic heterocycles. The Morgan fingerprint density at radius 3 is 0.880 bits per heavy atom. The van der Waals surface area contributed by atoms with Gasteiger partial charge in [0.15, 0.2) is 6.10 Å². The van der Waals surface area contributed by atoms with E-state index in [1.807, 2.05) is 0 Å². The molecule has 3 saturated heterocycles. The Morgan fingerprint density at radius 2 is 0.660 bits per heavy atom. The van der Waals surface area contributed by atoms with Gasteiger partial charge in [-0.15, -0.1) is 0 Å². The first kappa shape index (κ1) is 41.1. The molecule has 4 fully saturated rings. The van der Waals surface area contributed by atoms with Crippen LogP contribution in [-0.2, 0) is 28.6 Å². The molecule has 3 heterocycles. The van der Waals surface area contributed by atoms with Crippen LogP contribution < -0.4 is 0 Å². The van der Waals surface area contributed by atoms with Gasteiger partial charge in [-0.3, -0.25) is 29.1 Å². The van der Waals surface area contributed by atoms with Gasteiger partial charge in [-0.1, -0.05) is 20.8 Å². The molecule has 2 atom stereocenters. The Morgan fingerprint density at radius 1 is 0.440 bits per heavy atom. The number of piperidine rings is 3. The van der Waals surface area contributed by atoms with E-state index in [0.29, 0.717) is 51.4 Å². The lowest BCUT2D eigenvalue weighted by atomic mass is 9.73. The van der Waals surface area contributed by atoms with Gasteiger partial charge >= 0.3 is 17.9 Å². The minimum atomic E-state index is -0.834. The minimum absolute atomic E-state index is 0.165. The summed E-state index contributed by atoms with van der Waals surface area (Å²) in [6.07, 6.45) is 2.94. The third-order valence-corrected chi connectivity index (χ3v) is 13.1. The molecule has 4 aliphatic rings. The second kappa shape index (κ2) is 14.3. The van der Waals surface area contributed by atoms with Crippen molar-refractivity contribution in [3.8, 4) is 0 Å². The van der Waals surface area contributed by atoms with Crippen LogP contribution in [0, 0.1) is 17.8 Å². The Balaban J connectivity index is 1.56. The number of rotatable bonds is 9. The number of carbonyl (C=O) groups excluding carboxylic acids is 3. The van der Waals surface area contributed by atoms with E-state index in [-0.39, 0.29) is 68.9 Å². The van der Waals surface area contributed by atoms with Crippen LogP contribution in [0.5, 0.6) is 0 Å². The molecule has 9 nitrogen and oxygen atoms in total. The number of nitrogens with zero attached hydrogens (tertiary/aromatic N) is 3. The zero-order valence-electron chi connectivity index (χ0n) is 34.5. The molecule has 1 aliphatic carbocycles. The van der Waals surface area contributed by atoms with E-state index in [4.69, 9.17) is 14.2 Å². The number of carbonyl (C=O) groups is 3. The summed E-state index contributed by atoms with van der Waals surface area (Å²) < 4.78 is 19.1. The van der Waals surface area contributed by atoms with Crippen LogP contribution in [0.1, 0.15) is 155 Å². The molecule has 9 heteroatoms. The van der Waals surface area contributed by atoms with Crippen molar-refractivity contribution in [2.75, 3.05) is 19.6 Å². The Bertz CT molecular complexity index is 1130. The lowest BCUT2D eigenvalue weighted by Crippen LogP contribution is -2.62. The molecule has 288 valence electrons. The molecular formula is C41H73N3O6. The lowest BCUT2D eigenvalue weighted by molar-refractivity contribution is -0.189. The van der Waals surface area contributed by atoms with Crippen molar-refractivity contribution in [3.63, 3.8) is 0 Å². The third-order valence-electron chi connectivity index (χ3n) is 13.1. The van der Waals surface area contributed by atoms with Gasteiger partial charge in [0.2, 0.25) is 0 Å². The van der Waals surface area contributed by atoms with Crippen LogP contribution in [0.4, 0.5) is 0 Å². The smallest absolute Gasteiger partial charge is 0.309 e. The van der Waals surface area contributed by atoms with E-state index in [1.54, 1.807) is 0 Å². The zero-order valence-corrected chi connectivity index (χ0v) is 34.5. The number of esters is 3. The van der Waals surface area contributed by atoms with Crippen molar-refractivity contribution >= 4 is 17.9 Å². The van der Waals surface area contributed by atoms with Gasteiger partial charge in [0, 0.05) is 33.2 Å². The second-order valence-corrected chi connectivity index (χ2v) is 19.9. The van der Waals surface area contributed by atoms with E-state index >= 15 is 0 Å². The van der Waals surface area contributed by atoms with Crippen molar-refractivity contribution in [2.24, 2.45) is 17.8 Å². The third kappa shape index (κ3) is 8.25. The summed E-state index contributed by atoms with van der Waals surface area (Å²) in [5.74, 6) is -1.62. The second-order valence-electron chi connectivity index (χ2n) is 19.9. The van der Waals surface area contributed by atoms with Crippen molar-refractivity contribution < 1.29 is 28.6 Å². The first-order valence-electron chi connectivity index (χ1n) is 19.8. The molecule has 2 unspecified atom stereocenters. The van der Waals surface area contributed by atoms with E-state index < -0.39 is 18.3 Å². The minimum Gasteiger partial charge on any atom is -0.458 e. The maximum absolute atomic E-state index is 14.1. The molecule has 1 saturated carbocycles. The zero-order chi connectivity index (χ0) is 37.8. The predicted octanol–water partition coefficient (Wildman–Crippen LogP) is 7.38. The van der Waals surface area contributed by atoms with Gasteiger partial charge in [-0.05, 0) is 154 Å². The Hall–Kier alpha value is -1.71. The van der Waals surface area contributed by atoms with Gasteiger partial charge in [-0.2, -0.15) is 0 Å². The fraction of sp³-hybridized carbons (Fsp3) is 0.927. The Labute approximate surface area is 304 Å². The number of hydrogen-bond acceptors (Lipinski definition) is 9. The molecule has 50 heavy (non-hydrogen) atoms. The molecule has 0 radical (unpaired) electrons. The fourth-order valence-corrected chi connectivity index (χ4v) is 12.0. The van der Waals surface area contributed by atoms with Gasteiger partial charge < -0.3 is 14.2 Å². The molecule has 0 spiro atoms. The topological polar surface area (TPSA) is 88.6 Å². The summed E-state index contributed by atoms with van der Waals surface area (Å²) in [7, 11) is 0. The predicted molar refractivity (Wildman–Crippen MR) is 199 cm³/mol. The summed E-state index contributed by atoms with van der Waals surface area (Å²) in [6.45, 7) is 35.6. The van der Waals surface area contributed by atoms with Crippen LogP contribution in [0.25, 0.3) is 0 Å².